The fourth-order valence-corrected chi connectivity index (χ4v) is 5.39. The Morgan fingerprint density at radius 3 is 2.47 bits per heavy atom. The molecule has 2 atom stereocenters. The molecule has 1 fully saturated rings. The lowest BCUT2D eigenvalue weighted by molar-refractivity contribution is 0.0221. The lowest BCUT2D eigenvalue weighted by Gasteiger charge is -2.33. The van der Waals surface area contributed by atoms with Crippen molar-refractivity contribution in [2.45, 2.75) is 64.4 Å². The highest BCUT2D eigenvalue weighted by molar-refractivity contribution is 5.69. The predicted molar refractivity (Wildman–Crippen MR) is 159 cm³/mol. The van der Waals surface area contributed by atoms with E-state index >= 15 is 0 Å². The second-order valence-corrected chi connectivity index (χ2v) is 11.5. The number of nitrogens with one attached hydrogen (secondary N) is 1. The van der Waals surface area contributed by atoms with Crippen LogP contribution in [0.4, 0.5) is 22.4 Å². The van der Waals surface area contributed by atoms with E-state index in [1.54, 1.807) is 32.6 Å². The van der Waals surface area contributed by atoms with Crippen LogP contribution in [-0.2, 0) is 17.7 Å². The molecule has 1 unspecified atom stereocenters. The lowest BCUT2D eigenvalue weighted by Crippen LogP contribution is -2.45. The van der Waals surface area contributed by atoms with Crippen molar-refractivity contribution in [2.75, 3.05) is 44.6 Å². The van der Waals surface area contributed by atoms with Crippen molar-refractivity contribution < 1.29 is 28.8 Å². The fourth-order valence-electron chi connectivity index (χ4n) is 5.39. The first-order valence-electron chi connectivity index (χ1n) is 14.2. The summed E-state index contributed by atoms with van der Waals surface area (Å²) in [6.07, 6.45) is 4.17. The van der Waals surface area contributed by atoms with Gasteiger partial charge in [-0.15, -0.1) is 0 Å². The summed E-state index contributed by atoms with van der Waals surface area (Å²) >= 11 is 0. The van der Waals surface area contributed by atoms with E-state index in [0.29, 0.717) is 60.0 Å². The second kappa shape index (κ2) is 12.1. The Morgan fingerprint density at radius 1 is 1.12 bits per heavy atom. The molecular formula is C29H40N8O6. The number of nitrogens with zero attached hydrogens (tertiary/aromatic N) is 6. The first-order valence-corrected chi connectivity index (χ1v) is 14.2. The summed E-state index contributed by atoms with van der Waals surface area (Å²) in [7, 11) is 4.69. The number of aliphatic hydroxyl groups excluding tert-OH is 1. The molecule has 4 heterocycles. The van der Waals surface area contributed by atoms with Gasteiger partial charge in [-0.05, 0) is 40.0 Å². The molecule has 1 aromatic carbocycles. The molecule has 1 amide bonds. The van der Waals surface area contributed by atoms with Gasteiger partial charge in [0, 0.05) is 30.8 Å². The van der Waals surface area contributed by atoms with Crippen LogP contribution in [0.3, 0.4) is 0 Å². The van der Waals surface area contributed by atoms with Crippen LogP contribution in [-0.4, -0.2) is 87.9 Å². The molecule has 2 aliphatic heterocycles. The number of anilines is 3. The number of benzene rings is 1. The average molecular weight is 597 g/mol. The van der Waals surface area contributed by atoms with Crippen LogP contribution >= 0.6 is 0 Å². The number of methoxy groups -OCH3 is 3. The molecule has 4 N–H and O–H groups in total. The second-order valence-electron chi connectivity index (χ2n) is 11.5. The molecule has 0 saturated carbocycles. The normalized spacial score (nSPS) is 17.3. The van der Waals surface area contributed by atoms with E-state index in [1.165, 1.54) is 0 Å². The van der Waals surface area contributed by atoms with Gasteiger partial charge >= 0.3 is 6.09 Å². The molecule has 232 valence electrons. The number of hydrogen-bond donors (Lipinski definition) is 3. The molecule has 43 heavy (non-hydrogen) atoms. The van der Waals surface area contributed by atoms with Crippen molar-refractivity contribution in [2.24, 2.45) is 5.73 Å². The van der Waals surface area contributed by atoms with Crippen molar-refractivity contribution >= 4 is 23.7 Å². The quantitative estimate of drug-likeness (QED) is 0.327. The number of rotatable bonds is 8. The summed E-state index contributed by atoms with van der Waals surface area (Å²) < 4.78 is 23.9. The van der Waals surface area contributed by atoms with Gasteiger partial charge in [0.25, 0.3) is 0 Å². The van der Waals surface area contributed by atoms with Gasteiger partial charge in [-0.2, -0.15) is 4.98 Å². The first-order chi connectivity index (χ1) is 20.5. The number of ether oxygens (including phenoxy) is 4. The van der Waals surface area contributed by atoms with Gasteiger partial charge in [0.15, 0.2) is 11.5 Å². The molecule has 0 radical (unpaired) electrons. The van der Waals surface area contributed by atoms with Crippen molar-refractivity contribution in [3.63, 3.8) is 0 Å². The van der Waals surface area contributed by atoms with Gasteiger partial charge in [0.2, 0.25) is 11.7 Å². The Hall–Kier alpha value is -4.30. The van der Waals surface area contributed by atoms with Gasteiger partial charge in [-0.25, -0.2) is 14.8 Å². The zero-order valence-electron chi connectivity index (χ0n) is 25.5. The van der Waals surface area contributed by atoms with Crippen LogP contribution in [0.2, 0.25) is 0 Å². The highest BCUT2D eigenvalue weighted by Gasteiger charge is 2.34. The van der Waals surface area contributed by atoms with E-state index in [4.69, 9.17) is 34.6 Å². The molecule has 1 saturated heterocycles. The highest BCUT2D eigenvalue weighted by atomic mass is 16.6. The molecule has 3 aromatic rings. The van der Waals surface area contributed by atoms with Crippen LogP contribution in [0.1, 0.15) is 44.9 Å². The number of imidazole rings is 1. The maximum absolute atomic E-state index is 12.9. The molecule has 2 aliphatic rings. The summed E-state index contributed by atoms with van der Waals surface area (Å²) in [5.74, 6) is 3.10. The third kappa shape index (κ3) is 6.39. The number of hydrogen-bond acceptors (Lipinski definition) is 12. The van der Waals surface area contributed by atoms with Gasteiger partial charge in [0.05, 0.1) is 51.5 Å². The van der Waals surface area contributed by atoms with Crippen molar-refractivity contribution in [1.82, 2.24) is 24.4 Å². The summed E-state index contributed by atoms with van der Waals surface area (Å²) in [6.45, 7) is 6.89. The zero-order valence-corrected chi connectivity index (χ0v) is 25.5. The smallest absolute Gasteiger partial charge is 0.410 e. The molecule has 5 rings (SSSR count). The molecule has 0 spiro atoms. The Labute approximate surface area is 250 Å². The molecule has 2 aromatic heterocycles. The predicted octanol–water partition coefficient (Wildman–Crippen LogP) is 2.97. The summed E-state index contributed by atoms with van der Waals surface area (Å²) in [5, 5.41) is 13.6. The molecule has 0 aliphatic carbocycles. The standard InChI is InChI=1S/C29H40N8O6/c1-29(2,3)43-28(39)35-11-9-18-19(14-35)32-27(37-10-7-8-20(37)25(30)38)34-26(18)33-23-15-36(16-31-23)17-12-21(40-4)24(42-6)22(13-17)41-5/h12-13,15-16,20,25,38H,7-11,14,30H2,1-6H3,(H,32,33,34)/t20-,25?/m0/s1. The Bertz CT molecular complexity index is 1440. The lowest BCUT2D eigenvalue weighted by atomic mass is 10.1. The van der Waals surface area contributed by atoms with Gasteiger partial charge in [-0.1, -0.05) is 0 Å². The number of carbonyl (C=O) groups is 1. The van der Waals surface area contributed by atoms with E-state index < -0.39 is 17.9 Å². The third-order valence-electron chi connectivity index (χ3n) is 7.43. The van der Waals surface area contributed by atoms with Gasteiger partial charge in [0.1, 0.15) is 29.8 Å². The van der Waals surface area contributed by atoms with E-state index in [9.17, 15) is 9.90 Å². The van der Waals surface area contributed by atoms with Crippen LogP contribution in [0.5, 0.6) is 17.2 Å². The maximum atomic E-state index is 12.9. The van der Waals surface area contributed by atoms with Crippen LogP contribution < -0.4 is 30.2 Å². The SMILES string of the molecule is COc1cc(-n2cnc(Nc3nc(N4CCC[C@H]4C(N)O)nc4c3CCN(C(=O)OC(C)(C)C)C4)c2)cc(OC)c1OC. The molecular weight excluding hydrogens is 556 g/mol. The zero-order chi connectivity index (χ0) is 30.9. The van der Waals surface area contributed by atoms with Crippen LogP contribution in [0.15, 0.2) is 24.7 Å². The number of amides is 1. The summed E-state index contributed by atoms with van der Waals surface area (Å²) in [4.78, 5) is 30.8. The average Bonchev–Trinajstić information content (AvgIpc) is 3.65. The number of aromatic nitrogens is 4. The van der Waals surface area contributed by atoms with E-state index in [1.807, 2.05) is 48.6 Å². The van der Waals surface area contributed by atoms with Gasteiger partial charge in [-0.3, -0.25) is 0 Å². The highest BCUT2D eigenvalue weighted by Crippen LogP contribution is 2.39. The third-order valence-corrected chi connectivity index (χ3v) is 7.43. The minimum absolute atomic E-state index is 0.262. The Morgan fingerprint density at radius 2 is 1.84 bits per heavy atom. The fraction of sp³-hybridized carbons (Fsp3) is 0.517. The Kier molecular flexibility index (Phi) is 8.51. The molecule has 14 heteroatoms. The topological polar surface area (TPSA) is 162 Å². The van der Waals surface area contributed by atoms with Crippen molar-refractivity contribution in [1.29, 1.82) is 0 Å². The van der Waals surface area contributed by atoms with Crippen molar-refractivity contribution in [3.05, 3.63) is 35.9 Å². The summed E-state index contributed by atoms with van der Waals surface area (Å²) in [6, 6.07) is 3.35. The van der Waals surface area contributed by atoms with Crippen LogP contribution in [0.25, 0.3) is 5.69 Å². The molecule has 0 bridgehead atoms. The van der Waals surface area contributed by atoms with E-state index in [0.717, 1.165) is 24.1 Å². The van der Waals surface area contributed by atoms with E-state index in [2.05, 4.69) is 10.3 Å². The maximum Gasteiger partial charge on any atom is 0.410 e. The minimum atomic E-state index is -1.04. The number of carbonyl (C=O) groups excluding carboxylic acids is 1. The Balaban J connectivity index is 1.48. The van der Waals surface area contributed by atoms with E-state index in [-0.39, 0.29) is 12.6 Å². The number of aliphatic hydroxyl groups is 1. The monoisotopic (exact) mass is 596 g/mol. The number of nitrogens with two attached hydrogens (primary N) is 1. The first kappa shape index (κ1) is 30.2. The van der Waals surface area contributed by atoms with Crippen molar-refractivity contribution in [3.8, 4) is 22.9 Å². The molecule has 14 nitrogen and oxygen atoms in total. The van der Waals surface area contributed by atoms with Gasteiger partial charge < -0.3 is 49.5 Å². The largest absolute Gasteiger partial charge is 0.493 e. The minimum Gasteiger partial charge on any atom is -0.493 e. The number of fused-ring (bicyclic) bond motifs is 1. The van der Waals surface area contributed by atoms with Crippen LogP contribution in [0, 0.1) is 0 Å². The summed E-state index contributed by atoms with van der Waals surface area (Å²) in [5.41, 5.74) is 7.62.